The molecule has 0 aliphatic carbocycles. The smallest absolute Gasteiger partial charge is 0.267 e. The molecule has 17 heavy (non-hydrogen) atoms. The Balaban J connectivity index is 2.57. The van der Waals surface area contributed by atoms with Crippen LogP contribution in [-0.2, 0) is 13.5 Å². The minimum Gasteiger partial charge on any atom is -0.287 e. The number of aromatic amines is 1. The topological polar surface area (TPSA) is 37.8 Å². The summed E-state index contributed by atoms with van der Waals surface area (Å²) in [5.41, 5.74) is 3.00. The lowest BCUT2D eigenvalue weighted by Gasteiger charge is -2.07. The van der Waals surface area contributed by atoms with Gasteiger partial charge in [-0.15, -0.1) is 0 Å². The van der Waals surface area contributed by atoms with E-state index < -0.39 is 0 Å². The van der Waals surface area contributed by atoms with E-state index in [1.807, 2.05) is 42.1 Å². The van der Waals surface area contributed by atoms with Crippen molar-refractivity contribution >= 4 is 0 Å². The van der Waals surface area contributed by atoms with Crippen molar-refractivity contribution in [1.82, 2.24) is 9.78 Å². The highest BCUT2D eigenvalue weighted by atomic mass is 16.1. The summed E-state index contributed by atoms with van der Waals surface area (Å²) in [5.74, 6) is 0.473. The Morgan fingerprint density at radius 3 is 2.47 bits per heavy atom. The first kappa shape index (κ1) is 11.7. The van der Waals surface area contributed by atoms with Gasteiger partial charge in [-0.25, -0.2) is 0 Å². The molecular weight excluding hydrogens is 212 g/mol. The van der Waals surface area contributed by atoms with Gasteiger partial charge in [-0.2, -0.15) is 0 Å². The fourth-order valence-corrected chi connectivity index (χ4v) is 2.15. The van der Waals surface area contributed by atoms with E-state index in [0.29, 0.717) is 5.92 Å². The fourth-order valence-electron chi connectivity index (χ4n) is 2.15. The van der Waals surface area contributed by atoms with Gasteiger partial charge in [-0.05, 0) is 12.3 Å². The molecule has 0 saturated carbocycles. The molecule has 0 atom stereocenters. The molecule has 3 heteroatoms. The minimum absolute atomic E-state index is 0.0278. The molecule has 2 rings (SSSR count). The molecule has 1 aromatic heterocycles. The summed E-state index contributed by atoms with van der Waals surface area (Å²) < 4.78 is 1.81. The number of aryl methyl sites for hydroxylation is 1. The van der Waals surface area contributed by atoms with Crippen LogP contribution >= 0.6 is 0 Å². The molecule has 0 aliphatic heterocycles. The number of aromatic nitrogens is 2. The molecular formula is C14H18N2O. The van der Waals surface area contributed by atoms with E-state index in [9.17, 15) is 4.79 Å². The van der Waals surface area contributed by atoms with E-state index in [-0.39, 0.29) is 5.56 Å². The lowest BCUT2D eigenvalue weighted by Crippen LogP contribution is -2.09. The standard InChI is InChI=1S/C14H18N2O/c1-10(2)9-12-13(16(3)15-14(12)17)11-7-5-4-6-8-11/h4-8,10H,9H2,1-3H3,(H,15,17). The van der Waals surface area contributed by atoms with Gasteiger partial charge in [0.25, 0.3) is 5.56 Å². The zero-order valence-corrected chi connectivity index (χ0v) is 10.5. The molecule has 0 aliphatic rings. The normalized spacial score (nSPS) is 11.1. The van der Waals surface area contributed by atoms with Gasteiger partial charge in [0, 0.05) is 18.2 Å². The van der Waals surface area contributed by atoms with Gasteiger partial charge in [0.1, 0.15) is 0 Å². The summed E-state index contributed by atoms with van der Waals surface area (Å²) in [6, 6.07) is 10.0. The molecule has 2 aromatic rings. The molecule has 1 heterocycles. The average Bonchev–Trinajstić information content (AvgIpc) is 2.54. The molecule has 0 fully saturated rings. The van der Waals surface area contributed by atoms with E-state index in [2.05, 4.69) is 18.9 Å². The fraction of sp³-hybridized carbons (Fsp3) is 0.357. The Morgan fingerprint density at radius 1 is 1.24 bits per heavy atom. The van der Waals surface area contributed by atoms with Crippen molar-refractivity contribution in [2.45, 2.75) is 20.3 Å². The monoisotopic (exact) mass is 230 g/mol. The third-order valence-corrected chi connectivity index (χ3v) is 2.82. The largest absolute Gasteiger partial charge is 0.287 e. The molecule has 90 valence electrons. The maximum Gasteiger partial charge on any atom is 0.267 e. The van der Waals surface area contributed by atoms with Gasteiger partial charge in [-0.1, -0.05) is 44.2 Å². The predicted molar refractivity (Wildman–Crippen MR) is 70.0 cm³/mol. The van der Waals surface area contributed by atoms with Crippen LogP contribution in [0.25, 0.3) is 11.3 Å². The number of hydrogen-bond acceptors (Lipinski definition) is 1. The first-order valence-corrected chi connectivity index (χ1v) is 5.93. The van der Waals surface area contributed by atoms with Crippen LogP contribution in [-0.4, -0.2) is 9.78 Å². The van der Waals surface area contributed by atoms with Crippen LogP contribution in [0.4, 0.5) is 0 Å². The second-order valence-corrected chi connectivity index (χ2v) is 4.79. The number of benzene rings is 1. The van der Waals surface area contributed by atoms with Crippen molar-refractivity contribution in [3.63, 3.8) is 0 Å². The first-order valence-electron chi connectivity index (χ1n) is 5.93. The van der Waals surface area contributed by atoms with Crippen molar-refractivity contribution in [1.29, 1.82) is 0 Å². The highest BCUT2D eigenvalue weighted by Gasteiger charge is 2.15. The Kier molecular flexibility index (Phi) is 3.18. The third-order valence-electron chi connectivity index (χ3n) is 2.82. The summed E-state index contributed by atoms with van der Waals surface area (Å²) in [4.78, 5) is 11.9. The van der Waals surface area contributed by atoms with Crippen LogP contribution in [0.1, 0.15) is 19.4 Å². The highest BCUT2D eigenvalue weighted by molar-refractivity contribution is 5.63. The zero-order chi connectivity index (χ0) is 12.4. The van der Waals surface area contributed by atoms with E-state index in [1.165, 1.54) is 0 Å². The maximum atomic E-state index is 11.9. The van der Waals surface area contributed by atoms with Crippen molar-refractivity contribution in [3.8, 4) is 11.3 Å². The summed E-state index contributed by atoms with van der Waals surface area (Å²) in [5, 5.41) is 2.84. The lowest BCUT2D eigenvalue weighted by atomic mass is 10.00. The molecule has 0 amide bonds. The first-order chi connectivity index (χ1) is 8.09. The van der Waals surface area contributed by atoms with Gasteiger partial charge in [-0.3, -0.25) is 14.6 Å². The number of hydrogen-bond donors (Lipinski definition) is 1. The number of H-pyrrole nitrogens is 1. The van der Waals surface area contributed by atoms with Crippen LogP contribution in [0.5, 0.6) is 0 Å². The number of nitrogens with zero attached hydrogens (tertiary/aromatic N) is 1. The number of rotatable bonds is 3. The highest BCUT2D eigenvalue weighted by Crippen LogP contribution is 2.22. The second kappa shape index (κ2) is 4.62. The van der Waals surface area contributed by atoms with E-state index in [0.717, 1.165) is 23.2 Å². The van der Waals surface area contributed by atoms with Crippen LogP contribution in [0, 0.1) is 5.92 Å². The van der Waals surface area contributed by atoms with Gasteiger partial charge >= 0.3 is 0 Å². The Morgan fingerprint density at radius 2 is 1.88 bits per heavy atom. The average molecular weight is 230 g/mol. The van der Waals surface area contributed by atoms with Gasteiger partial charge in [0.15, 0.2) is 0 Å². The molecule has 0 bridgehead atoms. The van der Waals surface area contributed by atoms with Gasteiger partial charge in [0.05, 0.1) is 5.69 Å². The molecule has 0 spiro atoms. The number of nitrogens with one attached hydrogen (secondary N) is 1. The van der Waals surface area contributed by atoms with Crippen molar-refractivity contribution in [2.75, 3.05) is 0 Å². The predicted octanol–water partition coefficient (Wildman–Crippen LogP) is 2.58. The van der Waals surface area contributed by atoms with E-state index >= 15 is 0 Å². The van der Waals surface area contributed by atoms with Crippen LogP contribution in [0.15, 0.2) is 35.1 Å². The summed E-state index contributed by atoms with van der Waals surface area (Å²) >= 11 is 0. The molecule has 3 nitrogen and oxygen atoms in total. The van der Waals surface area contributed by atoms with Crippen LogP contribution in [0.3, 0.4) is 0 Å². The summed E-state index contributed by atoms with van der Waals surface area (Å²) in [6.45, 7) is 4.25. The Bertz CT molecular complexity index is 549. The van der Waals surface area contributed by atoms with Gasteiger partial charge in [0.2, 0.25) is 0 Å². The maximum absolute atomic E-state index is 11.9. The molecule has 0 radical (unpaired) electrons. The van der Waals surface area contributed by atoms with Crippen LogP contribution < -0.4 is 5.56 Å². The SMILES string of the molecule is CC(C)Cc1c(-c2ccccc2)n(C)[nH]c1=O. The molecule has 1 aromatic carbocycles. The zero-order valence-electron chi connectivity index (χ0n) is 10.5. The Hall–Kier alpha value is -1.77. The Labute approximate surface area is 101 Å². The van der Waals surface area contributed by atoms with E-state index in [4.69, 9.17) is 0 Å². The van der Waals surface area contributed by atoms with Gasteiger partial charge < -0.3 is 0 Å². The van der Waals surface area contributed by atoms with Crippen molar-refractivity contribution in [2.24, 2.45) is 13.0 Å². The molecule has 0 saturated heterocycles. The van der Waals surface area contributed by atoms with Crippen molar-refractivity contribution in [3.05, 3.63) is 46.2 Å². The summed E-state index contributed by atoms with van der Waals surface area (Å²) in [7, 11) is 1.88. The lowest BCUT2D eigenvalue weighted by molar-refractivity contribution is 0.645. The van der Waals surface area contributed by atoms with Crippen molar-refractivity contribution < 1.29 is 0 Å². The van der Waals surface area contributed by atoms with E-state index in [1.54, 1.807) is 0 Å². The molecule has 1 N–H and O–H groups in total. The molecule has 0 unspecified atom stereocenters. The quantitative estimate of drug-likeness (QED) is 0.864. The minimum atomic E-state index is 0.0278. The van der Waals surface area contributed by atoms with Crippen LogP contribution in [0.2, 0.25) is 0 Å². The second-order valence-electron chi connectivity index (χ2n) is 4.79. The summed E-state index contributed by atoms with van der Waals surface area (Å²) in [6.07, 6.45) is 0.806. The third kappa shape index (κ3) is 2.33.